The van der Waals surface area contributed by atoms with E-state index in [1.807, 2.05) is 0 Å². The van der Waals surface area contributed by atoms with Crippen molar-refractivity contribution >= 4 is 34.8 Å². The molecule has 1 fully saturated rings. The molecule has 1 saturated heterocycles. The number of fused-ring (bicyclic) bond motifs is 1. The van der Waals surface area contributed by atoms with Gasteiger partial charge in [-0.05, 0) is 39.3 Å². The number of methoxy groups -OCH3 is 2. The van der Waals surface area contributed by atoms with Crippen LogP contribution in [-0.2, 0) is 19.1 Å². The maximum Gasteiger partial charge on any atom is 0.410 e. The van der Waals surface area contributed by atoms with Gasteiger partial charge >= 0.3 is 12.1 Å². The summed E-state index contributed by atoms with van der Waals surface area (Å²) in [5, 5.41) is 0.577. The van der Waals surface area contributed by atoms with Crippen LogP contribution >= 0.6 is 0 Å². The van der Waals surface area contributed by atoms with E-state index in [9.17, 15) is 19.2 Å². The Balaban J connectivity index is 1.96. The summed E-state index contributed by atoms with van der Waals surface area (Å²) >= 11 is 0. The van der Waals surface area contributed by atoms with Gasteiger partial charge in [0.05, 0.1) is 31.3 Å². The second kappa shape index (κ2) is 11.4. The van der Waals surface area contributed by atoms with Crippen LogP contribution in [-0.4, -0.2) is 84.7 Å². The smallest absolute Gasteiger partial charge is 0.410 e. The Morgan fingerprint density at radius 3 is 2.22 bits per heavy atom. The largest absolute Gasteiger partial charge is 0.495 e. The molecule has 2 aromatic rings. The number of benzene rings is 1. The van der Waals surface area contributed by atoms with Crippen LogP contribution < -0.4 is 10.5 Å². The van der Waals surface area contributed by atoms with E-state index in [2.05, 4.69) is 4.98 Å². The van der Waals surface area contributed by atoms with E-state index in [0.29, 0.717) is 10.9 Å². The minimum absolute atomic E-state index is 0.00296. The van der Waals surface area contributed by atoms with Gasteiger partial charge in [0, 0.05) is 38.0 Å². The van der Waals surface area contributed by atoms with Crippen LogP contribution in [0.2, 0.25) is 0 Å². The van der Waals surface area contributed by atoms with Crippen molar-refractivity contribution < 1.29 is 33.4 Å². The van der Waals surface area contributed by atoms with Gasteiger partial charge in [0.1, 0.15) is 16.9 Å². The van der Waals surface area contributed by atoms with Crippen molar-refractivity contribution in [2.45, 2.75) is 45.1 Å². The third-order valence-electron chi connectivity index (χ3n) is 6.06. The first-order valence-electron chi connectivity index (χ1n) is 12.1. The van der Waals surface area contributed by atoms with Gasteiger partial charge in [0.15, 0.2) is 0 Å². The number of nitrogens with zero attached hydrogens (tertiary/aromatic N) is 3. The Hall–Kier alpha value is -3.89. The summed E-state index contributed by atoms with van der Waals surface area (Å²) in [5.74, 6) is -2.37. The monoisotopic (exact) mass is 514 g/mol. The molecular weight excluding hydrogens is 480 g/mol. The fraction of sp³-hybridized carbons (Fsp3) is 0.500. The molecule has 1 aromatic heterocycles. The SMILES string of the molecule is COC(=O)CCC(C(=O)N1CCN(C(=O)OC(C)(C)C)CC1)c1nc2ccccc2c(OC)c1C(N)=O. The van der Waals surface area contributed by atoms with Crippen molar-refractivity contribution in [2.24, 2.45) is 5.73 Å². The van der Waals surface area contributed by atoms with Gasteiger partial charge in [-0.15, -0.1) is 0 Å². The van der Waals surface area contributed by atoms with Crippen LogP contribution in [0.25, 0.3) is 10.9 Å². The Bertz CT molecular complexity index is 1180. The second-order valence-electron chi connectivity index (χ2n) is 9.75. The Morgan fingerprint density at radius 2 is 1.65 bits per heavy atom. The lowest BCUT2D eigenvalue weighted by atomic mass is 9.91. The first-order chi connectivity index (χ1) is 17.5. The molecule has 1 aliphatic rings. The molecule has 1 aromatic carbocycles. The van der Waals surface area contributed by atoms with E-state index in [0.717, 1.165) is 0 Å². The average Bonchev–Trinajstić information content (AvgIpc) is 2.86. The van der Waals surface area contributed by atoms with Crippen molar-refractivity contribution in [3.63, 3.8) is 0 Å². The lowest BCUT2D eigenvalue weighted by Gasteiger charge is -2.37. The number of primary amides is 1. The minimum Gasteiger partial charge on any atom is -0.495 e. The molecule has 1 unspecified atom stereocenters. The molecule has 0 spiro atoms. The van der Waals surface area contributed by atoms with Crippen molar-refractivity contribution in [1.82, 2.24) is 14.8 Å². The molecule has 11 nitrogen and oxygen atoms in total. The van der Waals surface area contributed by atoms with Crippen LogP contribution in [0.4, 0.5) is 4.79 Å². The van der Waals surface area contributed by atoms with Gasteiger partial charge in [-0.1, -0.05) is 12.1 Å². The maximum absolute atomic E-state index is 13.8. The van der Waals surface area contributed by atoms with Gasteiger partial charge < -0.3 is 29.7 Å². The highest BCUT2D eigenvalue weighted by molar-refractivity contribution is 6.04. The predicted molar refractivity (Wildman–Crippen MR) is 135 cm³/mol. The highest BCUT2D eigenvalue weighted by atomic mass is 16.6. The topological polar surface area (TPSA) is 141 Å². The van der Waals surface area contributed by atoms with Crippen molar-refractivity contribution in [3.8, 4) is 5.75 Å². The third kappa shape index (κ3) is 6.46. The van der Waals surface area contributed by atoms with E-state index in [1.54, 1.807) is 54.8 Å². The number of hydrogen-bond donors (Lipinski definition) is 1. The Morgan fingerprint density at radius 1 is 1.03 bits per heavy atom. The normalized spacial score (nSPS) is 14.7. The first kappa shape index (κ1) is 27.7. The number of aromatic nitrogens is 1. The van der Waals surface area contributed by atoms with Crippen LogP contribution in [0.15, 0.2) is 24.3 Å². The summed E-state index contributed by atoms with van der Waals surface area (Å²) in [5.41, 5.74) is 5.78. The van der Waals surface area contributed by atoms with Crippen LogP contribution in [0.1, 0.15) is 55.6 Å². The summed E-state index contributed by atoms with van der Waals surface area (Å²) in [4.78, 5) is 58.6. The Kier molecular flexibility index (Phi) is 8.57. The number of piperazine rings is 1. The van der Waals surface area contributed by atoms with Gasteiger partial charge in [-0.2, -0.15) is 0 Å². The highest BCUT2D eigenvalue weighted by Crippen LogP contribution is 2.36. The summed E-state index contributed by atoms with van der Waals surface area (Å²) < 4.78 is 15.8. The molecule has 37 heavy (non-hydrogen) atoms. The number of amides is 3. The van der Waals surface area contributed by atoms with Crippen LogP contribution in [0.5, 0.6) is 5.75 Å². The molecule has 3 amide bonds. The zero-order valence-electron chi connectivity index (χ0n) is 21.9. The van der Waals surface area contributed by atoms with Gasteiger partial charge in [-0.25, -0.2) is 4.79 Å². The molecule has 0 aliphatic carbocycles. The average molecular weight is 515 g/mol. The number of carbonyl (C=O) groups is 4. The lowest BCUT2D eigenvalue weighted by Crippen LogP contribution is -2.52. The van der Waals surface area contributed by atoms with Gasteiger partial charge in [0.25, 0.3) is 5.91 Å². The fourth-order valence-electron chi connectivity index (χ4n) is 4.30. The van der Waals surface area contributed by atoms with E-state index in [-0.39, 0.29) is 61.9 Å². The molecule has 0 bridgehead atoms. The molecule has 200 valence electrons. The van der Waals surface area contributed by atoms with E-state index < -0.39 is 29.5 Å². The van der Waals surface area contributed by atoms with E-state index in [4.69, 9.17) is 19.9 Å². The first-order valence-corrected chi connectivity index (χ1v) is 12.1. The van der Waals surface area contributed by atoms with E-state index in [1.165, 1.54) is 14.2 Å². The molecule has 2 N–H and O–H groups in total. The van der Waals surface area contributed by atoms with Crippen molar-refractivity contribution in [3.05, 3.63) is 35.5 Å². The summed E-state index contributed by atoms with van der Waals surface area (Å²) in [6.07, 6.45) is -0.467. The van der Waals surface area contributed by atoms with Gasteiger partial charge in [0.2, 0.25) is 5.91 Å². The highest BCUT2D eigenvalue weighted by Gasteiger charge is 2.35. The predicted octanol–water partition coefficient (Wildman–Crippen LogP) is 2.46. The maximum atomic E-state index is 13.8. The zero-order valence-corrected chi connectivity index (χ0v) is 21.9. The van der Waals surface area contributed by atoms with E-state index >= 15 is 0 Å². The summed E-state index contributed by atoms with van der Waals surface area (Å²) in [6.45, 7) is 6.43. The molecule has 2 heterocycles. The quantitative estimate of drug-likeness (QED) is 0.556. The van der Waals surface area contributed by atoms with Crippen LogP contribution in [0.3, 0.4) is 0 Å². The summed E-state index contributed by atoms with van der Waals surface area (Å²) in [7, 11) is 2.68. The van der Waals surface area contributed by atoms with Crippen molar-refractivity contribution in [1.29, 1.82) is 0 Å². The summed E-state index contributed by atoms with van der Waals surface area (Å²) in [6, 6.07) is 7.05. The Labute approximate surface area is 215 Å². The molecule has 0 radical (unpaired) electrons. The molecule has 1 atom stereocenters. The minimum atomic E-state index is -0.965. The third-order valence-corrected chi connectivity index (χ3v) is 6.06. The number of carbonyl (C=O) groups excluding carboxylic acids is 4. The number of nitrogens with two attached hydrogens (primary N) is 1. The zero-order chi connectivity index (χ0) is 27.3. The fourth-order valence-corrected chi connectivity index (χ4v) is 4.30. The number of hydrogen-bond acceptors (Lipinski definition) is 8. The number of pyridine rings is 1. The van der Waals surface area contributed by atoms with Crippen LogP contribution in [0, 0.1) is 0 Å². The number of esters is 1. The second-order valence-corrected chi connectivity index (χ2v) is 9.75. The number of ether oxygens (including phenoxy) is 3. The molecule has 1 aliphatic heterocycles. The molecule has 3 rings (SSSR count). The number of rotatable bonds is 7. The molecule has 11 heteroatoms. The lowest BCUT2D eigenvalue weighted by molar-refractivity contribution is -0.141. The number of para-hydroxylation sites is 1. The van der Waals surface area contributed by atoms with Gasteiger partial charge in [-0.3, -0.25) is 19.4 Å². The molecule has 0 saturated carbocycles. The standard InChI is InChI=1S/C26H34N4O7/c1-26(2,3)37-25(34)30-14-12-29(13-15-30)24(33)17(10-11-19(31)35-4)21-20(23(27)32)22(36-5)16-8-6-7-9-18(16)28-21/h6-9,17H,10-15H2,1-5H3,(H2,27,32). The molecular formula is C26H34N4O7. The van der Waals surface area contributed by atoms with Crippen molar-refractivity contribution in [2.75, 3.05) is 40.4 Å².